The van der Waals surface area contributed by atoms with Crippen LogP contribution in [0.15, 0.2) is 12.5 Å². The Labute approximate surface area is 89.1 Å². The molecule has 1 N–H and O–H groups in total. The van der Waals surface area contributed by atoms with Crippen molar-refractivity contribution in [2.24, 2.45) is 0 Å². The number of hydrogen-bond acceptors (Lipinski definition) is 4. The molecule has 0 saturated heterocycles. The maximum Gasteiger partial charge on any atom is 0.341 e. The van der Waals surface area contributed by atoms with Gasteiger partial charge in [-0.05, 0) is 0 Å². The minimum absolute atomic E-state index is 0.0000926. The summed E-state index contributed by atoms with van der Waals surface area (Å²) >= 11 is 5.81. The first-order chi connectivity index (χ1) is 7.15. The smallest absolute Gasteiger partial charge is 0.341 e. The number of carboxylic acid groups (broad SMARTS) is 1. The third-order valence-electron chi connectivity index (χ3n) is 1.92. The summed E-state index contributed by atoms with van der Waals surface area (Å²) in [6.45, 7) is 0. The molecule has 2 aromatic heterocycles. The van der Waals surface area contributed by atoms with Crippen molar-refractivity contribution in [2.75, 3.05) is 7.11 Å². The molecule has 0 fully saturated rings. The highest BCUT2D eigenvalue weighted by Gasteiger charge is 2.20. The maximum absolute atomic E-state index is 10.9. The first kappa shape index (κ1) is 9.72. The molecule has 0 amide bonds. The average molecular weight is 228 g/mol. The molecule has 6 nitrogen and oxygen atoms in total. The zero-order valence-corrected chi connectivity index (χ0v) is 8.39. The Balaban J connectivity index is 2.86. The Morgan fingerprint density at radius 3 is 3.00 bits per heavy atom. The van der Waals surface area contributed by atoms with E-state index >= 15 is 0 Å². The largest absolute Gasteiger partial charge is 0.493 e. The van der Waals surface area contributed by atoms with Crippen LogP contribution >= 0.6 is 11.6 Å². The molecule has 0 aliphatic carbocycles. The topological polar surface area (TPSA) is 76.7 Å². The van der Waals surface area contributed by atoms with E-state index < -0.39 is 5.97 Å². The number of carboxylic acids is 1. The summed E-state index contributed by atoms with van der Waals surface area (Å²) in [6.07, 6.45) is 2.56. The van der Waals surface area contributed by atoms with Crippen LogP contribution in [0.2, 0.25) is 5.15 Å². The van der Waals surface area contributed by atoms with Gasteiger partial charge in [0, 0.05) is 6.20 Å². The lowest BCUT2D eigenvalue weighted by molar-refractivity contribution is 0.0694. The SMILES string of the molecule is COc1c(C(=O)O)cn2ncnc(Cl)c12. The molecule has 0 spiro atoms. The number of aromatic nitrogens is 3. The standard InChI is InChI=1S/C8H6ClN3O3/c1-15-6-4(8(13)14)2-12-5(6)7(9)10-3-11-12/h2-3H,1H3,(H,13,14). The molecule has 0 atom stereocenters. The summed E-state index contributed by atoms with van der Waals surface area (Å²) < 4.78 is 6.29. The lowest BCUT2D eigenvalue weighted by Crippen LogP contribution is -1.96. The van der Waals surface area contributed by atoms with E-state index in [0.717, 1.165) is 0 Å². The van der Waals surface area contributed by atoms with Crippen LogP contribution in [-0.2, 0) is 0 Å². The van der Waals surface area contributed by atoms with Crippen LogP contribution in [0, 0.1) is 0 Å². The van der Waals surface area contributed by atoms with Crippen molar-refractivity contribution in [1.29, 1.82) is 0 Å². The van der Waals surface area contributed by atoms with Crippen LogP contribution < -0.4 is 4.74 Å². The van der Waals surface area contributed by atoms with Crippen molar-refractivity contribution in [2.45, 2.75) is 0 Å². The van der Waals surface area contributed by atoms with Crippen LogP contribution in [0.4, 0.5) is 0 Å². The third-order valence-corrected chi connectivity index (χ3v) is 2.19. The van der Waals surface area contributed by atoms with Crippen LogP contribution in [0.5, 0.6) is 5.75 Å². The monoisotopic (exact) mass is 227 g/mol. The fourth-order valence-electron chi connectivity index (χ4n) is 1.31. The van der Waals surface area contributed by atoms with E-state index in [2.05, 4.69) is 10.1 Å². The molecule has 0 aliphatic heterocycles. The highest BCUT2D eigenvalue weighted by Crippen LogP contribution is 2.30. The van der Waals surface area contributed by atoms with Crippen molar-refractivity contribution < 1.29 is 14.6 Å². The first-order valence-corrected chi connectivity index (χ1v) is 4.32. The summed E-state index contributed by atoms with van der Waals surface area (Å²) in [5.74, 6) is -0.943. The predicted molar refractivity (Wildman–Crippen MR) is 51.5 cm³/mol. The molecule has 2 rings (SSSR count). The van der Waals surface area contributed by atoms with Gasteiger partial charge >= 0.3 is 5.97 Å². The van der Waals surface area contributed by atoms with Gasteiger partial charge in [0.05, 0.1) is 7.11 Å². The van der Waals surface area contributed by atoms with E-state index in [-0.39, 0.29) is 16.5 Å². The molecule has 7 heteroatoms. The molecular weight excluding hydrogens is 222 g/mol. The van der Waals surface area contributed by atoms with Gasteiger partial charge in [0.1, 0.15) is 17.4 Å². The number of ether oxygens (including phenoxy) is 1. The van der Waals surface area contributed by atoms with Gasteiger partial charge < -0.3 is 9.84 Å². The number of methoxy groups -OCH3 is 1. The second-order valence-corrected chi connectivity index (χ2v) is 3.08. The van der Waals surface area contributed by atoms with E-state index in [1.54, 1.807) is 0 Å². The molecule has 2 aromatic rings. The van der Waals surface area contributed by atoms with Crippen molar-refractivity contribution >= 4 is 23.1 Å². The van der Waals surface area contributed by atoms with E-state index in [1.165, 1.54) is 24.1 Å². The fourth-order valence-corrected chi connectivity index (χ4v) is 1.52. The van der Waals surface area contributed by atoms with Crippen LogP contribution in [0.3, 0.4) is 0 Å². The minimum Gasteiger partial charge on any atom is -0.493 e. The van der Waals surface area contributed by atoms with E-state index in [9.17, 15) is 4.79 Å². The molecule has 0 aliphatic rings. The molecule has 0 aromatic carbocycles. The van der Waals surface area contributed by atoms with Gasteiger partial charge in [-0.3, -0.25) is 0 Å². The zero-order chi connectivity index (χ0) is 11.0. The first-order valence-electron chi connectivity index (χ1n) is 3.94. The molecule has 2 heterocycles. The molecular formula is C8H6ClN3O3. The van der Waals surface area contributed by atoms with Gasteiger partial charge in [-0.15, -0.1) is 0 Å². The van der Waals surface area contributed by atoms with Crippen molar-refractivity contribution in [1.82, 2.24) is 14.6 Å². The van der Waals surface area contributed by atoms with E-state index in [4.69, 9.17) is 21.4 Å². The Kier molecular flexibility index (Phi) is 2.20. The summed E-state index contributed by atoms with van der Waals surface area (Å²) in [4.78, 5) is 14.6. The Morgan fingerprint density at radius 1 is 1.67 bits per heavy atom. The quantitative estimate of drug-likeness (QED) is 0.831. The number of fused-ring (bicyclic) bond motifs is 1. The highest BCUT2D eigenvalue weighted by molar-refractivity contribution is 6.33. The molecule has 15 heavy (non-hydrogen) atoms. The predicted octanol–water partition coefficient (Wildman–Crippen LogP) is 1.09. The maximum atomic E-state index is 10.9. The zero-order valence-electron chi connectivity index (χ0n) is 7.64. The lowest BCUT2D eigenvalue weighted by atomic mass is 10.3. The number of halogens is 1. The van der Waals surface area contributed by atoms with Gasteiger partial charge in [0.25, 0.3) is 0 Å². The molecule has 0 bridgehead atoms. The molecule has 0 radical (unpaired) electrons. The Morgan fingerprint density at radius 2 is 2.40 bits per heavy atom. The second kappa shape index (κ2) is 3.39. The number of carbonyl (C=O) groups is 1. The number of nitrogens with zero attached hydrogens (tertiary/aromatic N) is 3. The Hall–Kier alpha value is -1.82. The number of aromatic carboxylic acids is 1. The number of rotatable bonds is 2. The fraction of sp³-hybridized carbons (Fsp3) is 0.125. The van der Waals surface area contributed by atoms with Crippen LogP contribution in [0.25, 0.3) is 5.52 Å². The summed E-state index contributed by atoms with van der Waals surface area (Å²) in [7, 11) is 1.37. The summed E-state index contributed by atoms with van der Waals surface area (Å²) in [5, 5.41) is 12.9. The van der Waals surface area contributed by atoms with Crippen LogP contribution in [0.1, 0.15) is 10.4 Å². The normalized spacial score (nSPS) is 10.5. The lowest BCUT2D eigenvalue weighted by Gasteiger charge is -1.99. The van der Waals surface area contributed by atoms with Gasteiger partial charge in [0.2, 0.25) is 0 Å². The van der Waals surface area contributed by atoms with Crippen molar-refractivity contribution in [3.63, 3.8) is 0 Å². The van der Waals surface area contributed by atoms with Crippen molar-refractivity contribution in [3.05, 3.63) is 23.2 Å². The van der Waals surface area contributed by atoms with Crippen molar-refractivity contribution in [3.8, 4) is 5.75 Å². The summed E-state index contributed by atoms with van der Waals surface area (Å²) in [5.41, 5.74) is 0.346. The summed E-state index contributed by atoms with van der Waals surface area (Å²) in [6, 6.07) is 0. The van der Waals surface area contributed by atoms with Crippen LogP contribution in [-0.4, -0.2) is 32.8 Å². The van der Waals surface area contributed by atoms with Gasteiger partial charge in [-0.25, -0.2) is 14.3 Å². The van der Waals surface area contributed by atoms with E-state index in [0.29, 0.717) is 5.52 Å². The third kappa shape index (κ3) is 1.39. The van der Waals surface area contributed by atoms with Gasteiger partial charge in [0.15, 0.2) is 10.9 Å². The number of hydrogen-bond donors (Lipinski definition) is 1. The van der Waals surface area contributed by atoms with Gasteiger partial charge in [-0.1, -0.05) is 11.6 Å². The minimum atomic E-state index is -1.10. The second-order valence-electron chi connectivity index (χ2n) is 2.73. The highest BCUT2D eigenvalue weighted by atomic mass is 35.5. The Bertz CT molecular complexity index is 537. The van der Waals surface area contributed by atoms with E-state index in [1.807, 2.05) is 0 Å². The molecule has 78 valence electrons. The molecule has 0 unspecified atom stereocenters. The molecule has 0 saturated carbocycles. The van der Waals surface area contributed by atoms with Gasteiger partial charge in [-0.2, -0.15) is 5.10 Å². The average Bonchev–Trinajstić information content (AvgIpc) is 2.57.